The normalized spacial score (nSPS) is 27.6. The average Bonchev–Trinajstić information content (AvgIpc) is 2.56. The molecular weight excluding hydrogens is 445 g/mol. The molecular formula is C7H3F14O2PS. The van der Waals surface area contributed by atoms with Crippen LogP contribution in [-0.4, -0.2) is 42.2 Å². The van der Waals surface area contributed by atoms with Crippen LogP contribution in [0.3, 0.4) is 0 Å². The van der Waals surface area contributed by atoms with E-state index in [1.807, 2.05) is 0 Å². The van der Waals surface area contributed by atoms with E-state index in [-0.39, 0.29) is 6.26 Å². The van der Waals surface area contributed by atoms with Crippen LogP contribution in [0.4, 0.5) is 61.1 Å². The molecule has 0 aromatic heterocycles. The summed E-state index contributed by atoms with van der Waals surface area (Å²) in [6, 6.07) is 0. The molecule has 152 valence electrons. The van der Waals surface area contributed by atoms with E-state index in [1.165, 1.54) is 0 Å². The molecule has 0 bridgehead atoms. The van der Waals surface area contributed by atoms with Crippen LogP contribution >= 0.6 is 18.3 Å². The summed E-state index contributed by atoms with van der Waals surface area (Å²) in [5.41, 5.74) is -14.9. The molecule has 2 nitrogen and oxygen atoms in total. The molecule has 1 rings (SSSR count). The third-order valence-electron chi connectivity index (χ3n) is 2.94. The van der Waals surface area contributed by atoms with Gasteiger partial charge in [0.1, 0.15) is 0 Å². The zero-order chi connectivity index (χ0) is 20.6. The fourth-order valence-corrected chi connectivity index (χ4v) is 4.82. The van der Waals surface area contributed by atoms with Crippen LogP contribution in [0.15, 0.2) is 0 Å². The van der Waals surface area contributed by atoms with E-state index in [0.717, 1.165) is 0 Å². The second-order valence-corrected chi connectivity index (χ2v) is 9.37. The van der Waals surface area contributed by atoms with Gasteiger partial charge < -0.3 is 0 Å². The van der Waals surface area contributed by atoms with Gasteiger partial charge in [-0.2, -0.15) is 0 Å². The van der Waals surface area contributed by atoms with Gasteiger partial charge in [0.25, 0.3) is 0 Å². The zero-order valence-corrected chi connectivity index (χ0v) is 12.7. The molecule has 0 aliphatic carbocycles. The van der Waals surface area contributed by atoms with E-state index in [9.17, 15) is 61.1 Å². The summed E-state index contributed by atoms with van der Waals surface area (Å²) in [5, 5.41) is 0. The van der Waals surface area contributed by atoms with Crippen LogP contribution in [0.2, 0.25) is 0 Å². The van der Waals surface area contributed by atoms with Crippen LogP contribution in [0, 0.1) is 0 Å². The van der Waals surface area contributed by atoms with Crippen molar-refractivity contribution in [2.75, 3.05) is 6.26 Å². The first-order chi connectivity index (χ1) is 10.5. The molecule has 1 heterocycles. The molecule has 18 heteroatoms. The molecule has 0 atom stereocenters. The minimum atomic E-state index is -8.73. The van der Waals surface area contributed by atoms with Gasteiger partial charge in [-0.1, -0.05) is 0 Å². The van der Waals surface area contributed by atoms with Gasteiger partial charge in [0.15, 0.2) is 0 Å². The molecule has 1 aliphatic heterocycles. The molecule has 1 saturated heterocycles. The average molecular weight is 448 g/mol. The molecule has 0 N–H and O–H groups in total. The van der Waals surface area contributed by atoms with Crippen molar-refractivity contribution in [2.45, 2.75) is 35.9 Å². The quantitative estimate of drug-likeness (QED) is 0.352. The van der Waals surface area contributed by atoms with Gasteiger partial charge in [0.05, 0.1) is 0 Å². The first kappa shape index (κ1) is 22.8. The predicted octanol–water partition coefficient (Wildman–Crippen LogP) is 6.19. The Hall–Kier alpha value is -0.280. The van der Waals surface area contributed by atoms with E-state index >= 15 is 0 Å². The Balaban J connectivity index is 4.19. The molecule has 0 spiro atoms. The summed E-state index contributed by atoms with van der Waals surface area (Å²) >= 11 is -1.54. The number of hydrogen-bond donors (Lipinski definition) is 0. The molecule has 1 fully saturated rings. The van der Waals surface area contributed by atoms with Crippen molar-refractivity contribution in [3.8, 4) is 0 Å². The Labute approximate surface area is 131 Å². The van der Waals surface area contributed by atoms with Crippen molar-refractivity contribution in [2.24, 2.45) is 0 Å². The molecule has 1 aliphatic rings. The maximum absolute atomic E-state index is 13.8. The molecule has 0 amide bonds. The molecule has 0 unspecified atom stereocenters. The van der Waals surface area contributed by atoms with Gasteiger partial charge in [-0.3, -0.25) is 0 Å². The van der Waals surface area contributed by atoms with Gasteiger partial charge >= 0.3 is 131 Å². The van der Waals surface area contributed by atoms with Crippen molar-refractivity contribution in [3.05, 3.63) is 0 Å². The molecule has 0 saturated carbocycles. The van der Waals surface area contributed by atoms with Gasteiger partial charge in [-0.15, -0.1) is 0 Å². The zero-order valence-electron chi connectivity index (χ0n) is 11.0. The molecule has 0 aromatic carbocycles. The number of rotatable bonds is 1. The summed E-state index contributed by atoms with van der Waals surface area (Å²) in [7, 11) is 0. The Kier molecular flexibility index (Phi) is 4.70. The Morgan fingerprint density at radius 1 is 0.600 bits per heavy atom. The van der Waals surface area contributed by atoms with Crippen molar-refractivity contribution < 1.29 is 70.1 Å². The van der Waals surface area contributed by atoms with Gasteiger partial charge in [0, 0.05) is 0 Å². The van der Waals surface area contributed by atoms with E-state index in [4.69, 9.17) is 0 Å². The summed E-state index contributed by atoms with van der Waals surface area (Å²) in [6.07, 6.45) is -30.6. The van der Waals surface area contributed by atoms with E-state index in [0.29, 0.717) is 0 Å². The van der Waals surface area contributed by atoms with Crippen molar-refractivity contribution >= 4 is 18.3 Å². The summed E-state index contributed by atoms with van der Waals surface area (Å²) < 4.78 is 187. The van der Waals surface area contributed by atoms with Gasteiger partial charge in [-0.05, 0) is 0 Å². The minimum absolute atomic E-state index is 0.0713. The monoisotopic (exact) mass is 448 g/mol. The van der Waals surface area contributed by atoms with Crippen molar-refractivity contribution in [1.29, 1.82) is 0 Å². The Morgan fingerprint density at radius 3 is 0.920 bits per heavy atom. The maximum atomic E-state index is 13.8. The first-order valence-electron chi connectivity index (χ1n) is 5.22. The second kappa shape index (κ2) is 5.16. The predicted molar refractivity (Wildman–Crippen MR) is 54.5 cm³/mol. The number of alkyl halides is 12. The van der Waals surface area contributed by atoms with Crippen LogP contribution in [0.1, 0.15) is 0 Å². The summed E-state index contributed by atoms with van der Waals surface area (Å²) in [5.74, 6) is 0. The number of halogens is 14. The van der Waals surface area contributed by atoms with E-state index < -0.39 is 54.2 Å². The fourth-order valence-electron chi connectivity index (χ4n) is 1.98. The van der Waals surface area contributed by atoms with E-state index in [2.05, 4.69) is 9.05 Å². The SMILES string of the molecule is CSP1(F)(F)OC(C(F)(F)F)(C(F)(F)F)C(C(F)(F)F)(C(F)(F)F)O1. The Morgan fingerprint density at radius 2 is 0.800 bits per heavy atom. The molecule has 0 radical (unpaired) electrons. The van der Waals surface area contributed by atoms with E-state index in [1.54, 1.807) is 0 Å². The summed E-state index contributed by atoms with van der Waals surface area (Å²) in [6.45, 7) is -8.73. The third kappa shape index (κ3) is 2.84. The van der Waals surface area contributed by atoms with Crippen molar-refractivity contribution in [1.82, 2.24) is 0 Å². The second-order valence-electron chi connectivity index (χ2n) is 4.42. The fraction of sp³-hybridized carbons (Fsp3) is 1.00. The van der Waals surface area contributed by atoms with Crippen LogP contribution in [-0.2, 0) is 9.05 Å². The van der Waals surface area contributed by atoms with Gasteiger partial charge in [0.2, 0.25) is 0 Å². The van der Waals surface area contributed by atoms with Crippen LogP contribution in [0.25, 0.3) is 0 Å². The van der Waals surface area contributed by atoms with Gasteiger partial charge in [-0.25, -0.2) is 0 Å². The molecule has 25 heavy (non-hydrogen) atoms. The topological polar surface area (TPSA) is 18.5 Å². The standard InChI is InChI=1S/C7H3F14O2PS/c1-25-24(20,21)22-2(4(8,9)10,5(11,12)13)3(23-24,6(14,15)16)7(17,18)19/h1H3. The van der Waals surface area contributed by atoms with Crippen LogP contribution < -0.4 is 0 Å². The number of hydrogen-bond acceptors (Lipinski definition) is 3. The third-order valence-corrected chi connectivity index (χ3v) is 6.81. The Bertz CT molecular complexity index is 471. The summed E-state index contributed by atoms with van der Waals surface area (Å²) in [4.78, 5) is 0. The van der Waals surface area contributed by atoms with Crippen molar-refractivity contribution in [3.63, 3.8) is 0 Å². The first-order valence-corrected chi connectivity index (χ1v) is 8.90. The van der Waals surface area contributed by atoms with Crippen LogP contribution in [0.5, 0.6) is 0 Å². The molecule has 0 aromatic rings.